The van der Waals surface area contributed by atoms with Crippen molar-refractivity contribution in [1.82, 2.24) is 30.2 Å². The molecular weight excluding hydrogens is 643 g/mol. The lowest BCUT2D eigenvalue weighted by Crippen LogP contribution is -2.47. The standard InChI is InChI=1S/C29H36F3N9O5S/c1-28(2,3)46-27(43)41-14-10-20(11-15-41)37-25(42)18-6-8-19(9-7-18)38-26-36-16-21(29(30,31)32)23(39-26)35-17-22-24(34-13-12-33-22)40(4)47(5,44)45/h6-9,12-13,16,20H,10-11,14-15,17H2,1-5H3,(H,37,42)(H2,35,36,38,39). The molecule has 2 amide bonds. The van der Waals surface area contributed by atoms with Gasteiger partial charge in [-0.25, -0.2) is 23.2 Å². The number of carbonyl (C=O) groups excluding carboxylic acids is 2. The van der Waals surface area contributed by atoms with Gasteiger partial charge in [-0.3, -0.25) is 14.1 Å². The number of amides is 2. The number of likely N-dealkylation sites (tertiary alicyclic amines) is 1. The third-order valence-electron chi connectivity index (χ3n) is 6.95. The van der Waals surface area contributed by atoms with Crippen LogP contribution in [0.2, 0.25) is 0 Å². The molecule has 1 fully saturated rings. The topological polar surface area (TPSA) is 172 Å². The number of nitrogens with zero attached hydrogens (tertiary/aromatic N) is 6. The van der Waals surface area contributed by atoms with Gasteiger partial charge in [0, 0.05) is 56.0 Å². The molecule has 3 N–H and O–H groups in total. The molecule has 3 aromatic rings. The summed E-state index contributed by atoms with van der Waals surface area (Å²) in [5, 5.41) is 8.36. The first-order chi connectivity index (χ1) is 21.9. The van der Waals surface area contributed by atoms with E-state index in [9.17, 15) is 31.2 Å². The second-order valence-electron chi connectivity index (χ2n) is 11.8. The minimum absolute atomic E-state index is 0.0566. The summed E-state index contributed by atoms with van der Waals surface area (Å²) >= 11 is 0. The normalized spacial score (nSPS) is 14.3. The molecule has 1 aliphatic heterocycles. The van der Waals surface area contributed by atoms with E-state index in [-0.39, 0.29) is 42.0 Å². The van der Waals surface area contributed by atoms with E-state index in [0.29, 0.717) is 43.4 Å². The van der Waals surface area contributed by atoms with Crippen LogP contribution in [-0.2, 0) is 27.5 Å². The lowest BCUT2D eigenvalue weighted by Gasteiger charge is -2.33. The number of nitrogens with one attached hydrogen (secondary N) is 3. The van der Waals surface area contributed by atoms with Crippen LogP contribution in [0.15, 0.2) is 42.9 Å². The number of hydrogen-bond acceptors (Lipinski definition) is 11. The highest BCUT2D eigenvalue weighted by Crippen LogP contribution is 2.34. The largest absolute Gasteiger partial charge is 0.444 e. The number of halogens is 3. The molecule has 3 heterocycles. The number of piperidine rings is 1. The fourth-order valence-electron chi connectivity index (χ4n) is 4.49. The summed E-state index contributed by atoms with van der Waals surface area (Å²) < 4.78 is 71.6. The molecule has 2 aromatic heterocycles. The fourth-order valence-corrected chi connectivity index (χ4v) is 4.96. The molecule has 1 aromatic carbocycles. The van der Waals surface area contributed by atoms with Crippen LogP contribution in [0.25, 0.3) is 0 Å². The third-order valence-corrected chi connectivity index (χ3v) is 8.12. The molecule has 14 nitrogen and oxygen atoms in total. The third kappa shape index (κ3) is 9.63. The van der Waals surface area contributed by atoms with Gasteiger partial charge >= 0.3 is 12.3 Å². The summed E-state index contributed by atoms with van der Waals surface area (Å²) in [6, 6.07) is 6.08. The van der Waals surface area contributed by atoms with Gasteiger partial charge in [0.15, 0.2) is 5.82 Å². The molecule has 0 atom stereocenters. The number of hydrogen-bond donors (Lipinski definition) is 3. The van der Waals surface area contributed by atoms with Gasteiger partial charge in [0.1, 0.15) is 22.7 Å². The molecule has 0 saturated carbocycles. The Morgan fingerprint density at radius 2 is 1.68 bits per heavy atom. The zero-order valence-corrected chi connectivity index (χ0v) is 27.2. The quantitative estimate of drug-likeness (QED) is 0.297. The molecule has 254 valence electrons. The average molecular weight is 680 g/mol. The van der Waals surface area contributed by atoms with Gasteiger partial charge in [-0.1, -0.05) is 0 Å². The highest BCUT2D eigenvalue weighted by atomic mass is 32.2. The Morgan fingerprint density at radius 1 is 1.04 bits per heavy atom. The van der Waals surface area contributed by atoms with Gasteiger partial charge < -0.3 is 25.6 Å². The number of aromatic nitrogens is 4. The van der Waals surface area contributed by atoms with Crippen LogP contribution < -0.4 is 20.3 Å². The zero-order valence-electron chi connectivity index (χ0n) is 26.4. The van der Waals surface area contributed by atoms with Crippen molar-refractivity contribution < 1.29 is 35.9 Å². The van der Waals surface area contributed by atoms with Crippen LogP contribution >= 0.6 is 0 Å². The van der Waals surface area contributed by atoms with Crippen molar-refractivity contribution in [3.05, 3.63) is 59.7 Å². The van der Waals surface area contributed by atoms with Crippen molar-refractivity contribution in [2.45, 2.75) is 58.0 Å². The van der Waals surface area contributed by atoms with E-state index < -0.39 is 33.2 Å². The Kier molecular flexibility index (Phi) is 10.4. The van der Waals surface area contributed by atoms with E-state index >= 15 is 0 Å². The van der Waals surface area contributed by atoms with Gasteiger partial charge in [0.2, 0.25) is 16.0 Å². The lowest BCUT2D eigenvalue weighted by molar-refractivity contribution is -0.137. The summed E-state index contributed by atoms with van der Waals surface area (Å²) in [6.45, 7) is 5.97. The molecule has 18 heteroatoms. The highest BCUT2D eigenvalue weighted by Gasteiger charge is 2.35. The summed E-state index contributed by atoms with van der Waals surface area (Å²) in [5.41, 5.74) is -0.897. The van der Waals surface area contributed by atoms with Crippen molar-refractivity contribution in [1.29, 1.82) is 0 Å². The molecule has 4 rings (SSSR count). The molecule has 0 radical (unpaired) electrons. The van der Waals surface area contributed by atoms with Crippen molar-refractivity contribution in [2.75, 3.05) is 41.3 Å². The summed E-state index contributed by atoms with van der Waals surface area (Å²) in [4.78, 5) is 42.6. The van der Waals surface area contributed by atoms with Gasteiger partial charge in [0.05, 0.1) is 12.8 Å². The van der Waals surface area contributed by atoms with E-state index in [1.54, 1.807) is 49.9 Å². The summed E-state index contributed by atoms with van der Waals surface area (Å²) in [7, 11) is -2.46. The second-order valence-corrected chi connectivity index (χ2v) is 13.8. The molecule has 47 heavy (non-hydrogen) atoms. The van der Waals surface area contributed by atoms with Gasteiger partial charge in [-0.05, 0) is 57.9 Å². The Balaban J connectivity index is 1.40. The van der Waals surface area contributed by atoms with E-state index in [1.165, 1.54) is 19.4 Å². The predicted molar refractivity (Wildman–Crippen MR) is 168 cm³/mol. The Bertz CT molecular complexity index is 1690. The number of alkyl halides is 3. The fraction of sp³-hybridized carbons (Fsp3) is 0.448. The molecule has 0 unspecified atom stereocenters. The molecular formula is C29H36F3N9O5S. The minimum atomic E-state index is -4.79. The number of ether oxygens (including phenoxy) is 1. The van der Waals surface area contributed by atoms with Crippen LogP contribution in [-0.4, -0.2) is 83.3 Å². The Labute approximate surface area is 270 Å². The van der Waals surface area contributed by atoms with Crippen LogP contribution in [0.4, 0.5) is 41.2 Å². The molecule has 1 saturated heterocycles. The number of carbonyl (C=O) groups is 2. The van der Waals surface area contributed by atoms with Crippen molar-refractivity contribution in [3.63, 3.8) is 0 Å². The summed E-state index contributed by atoms with van der Waals surface area (Å²) in [6.07, 6.45) is 0.0833. The van der Waals surface area contributed by atoms with Crippen LogP contribution in [0.1, 0.15) is 55.2 Å². The summed E-state index contributed by atoms with van der Waals surface area (Å²) in [5.74, 6) is -1.10. The number of sulfonamides is 1. The number of benzene rings is 1. The van der Waals surface area contributed by atoms with Crippen molar-refractivity contribution in [2.24, 2.45) is 0 Å². The Morgan fingerprint density at radius 3 is 2.28 bits per heavy atom. The second kappa shape index (κ2) is 13.9. The first-order valence-electron chi connectivity index (χ1n) is 14.5. The van der Waals surface area contributed by atoms with E-state index in [4.69, 9.17) is 4.74 Å². The molecule has 0 spiro atoms. The number of rotatable bonds is 9. The van der Waals surface area contributed by atoms with E-state index in [2.05, 4.69) is 35.9 Å². The smallest absolute Gasteiger partial charge is 0.421 e. The first-order valence-corrected chi connectivity index (χ1v) is 16.3. The predicted octanol–water partition coefficient (Wildman–Crippen LogP) is 4.17. The Hall–Kier alpha value is -4.74. The van der Waals surface area contributed by atoms with Crippen LogP contribution in [0, 0.1) is 0 Å². The van der Waals surface area contributed by atoms with Gasteiger partial charge in [0.25, 0.3) is 5.91 Å². The zero-order chi connectivity index (χ0) is 34.6. The monoisotopic (exact) mass is 679 g/mol. The highest BCUT2D eigenvalue weighted by molar-refractivity contribution is 7.92. The van der Waals surface area contributed by atoms with Gasteiger partial charge in [-0.2, -0.15) is 18.2 Å². The maximum Gasteiger partial charge on any atom is 0.421 e. The first kappa shape index (κ1) is 35.1. The number of anilines is 4. The molecule has 1 aliphatic rings. The molecule has 0 aliphatic carbocycles. The van der Waals surface area contributed by atoms with Crippen molar-refractivity contribution in [3.8, 4) is 0 Å². The maximum atomic E-state index is 13.8. The van der Waals surface area contributed by atoms with Crippen LogP contribution in [0.3, 0.4) is 0 Å². The minimum Gasteiger partial charge on any atom is -0.444 e. The van der Waals surface area contributed by atoms with Crippen molar-refractivity contribution >= 4 is 45.3 Å². The maximum absolute atomic E-state index is 13.8. The van der Waals surface area contributed by atoms with Crippen LogP contribution in [0.5, 0.6) is 0 Å². The molecule has 0 bridgehead atoms. The average Bonchev–Trinajstić information content (AvgIpc) is 2.98. The van der Waals surface area contributed by atoms with Gasteiger partial charge in [-0.15, -0.1) is 0 Å². The lowest BCUT2D eigenvalue weighted by atomic mass is 10.0. The van der Waals surface area contributed by atoms with E-state index in [0.717, 1.165) is 10.6 Å². The SMILES string of the molecule is CN(c1nccnc1CNc1nc(Nc2ccc(C(=O)NC3CCN(C(=O)OC(C)(C)C)CC3)cc2)ncc1C(F)(F)F)S(C)(=O)=O. The van der Waals surface area contributed by atoms with E-state index in [1.807, 2.05) is 0 Å².